The van der Waals surface area contributed by atoms with Crippen LogP contribution in [0.4, 0.5) is 5.69 Å². The van der Waals surface area contributed by atoms with Gasteiger partial charge in [-0.15, -0.1) is 0 Å². The molecule has 0 bridgehead atoms. The van der Waals surface area contributed by atoms with Gasteiger partial charge in [-0.1, -0.05) is 25.5 Å². The molecule has 1 aliphatic rings. The van der Waals surface area contributed by atoms with E-state index in [4.69, 9.17) is 0 Å². The Morgan fingerprint density at radius 1 is 1.38 bits per heavy atom. The van der Waals surface area contributed by atoms with Crippen LogP contribution < -0.4 is 10.6 Å². The second kappa shape index (κ2) is 8.51. The maximum Gasteiger partial charge on any atom is 0.238 e. The van der Waals surface area contributed by atoms with Crippen molar-refractivity contribution in [1.82, 2.24) is 10.2 Å². The molecule has 1 fully saturated rings. The van der Waals surface area contributed by atoms with Gasteiger partial charge in [-0.25, -0.2) is 0 Å². The first-order valence-corrected chi connectivity index (χ1v) is 8.49. The molecule has 1 heterocycles. The molecule has 1 aromatic carbocycles. The first-order valence-electron chi connectivity index (χ1n) is 7.70. The fraction of sp³-hybridized carbons (Fsp3) is 0.562. The van der Waals surface area contributed by atoms with Crippen molar-refractivity contribution in [3.8, 4) is 0 Å². The van der Waals surface area contributed by atoms with Crippen molar-refractivity contribution in [2.45, 2.75) is 32.2 Å². The highest BCUT2D eigenvalue weighted by Crippen LogP contribution is 2.21. The van der Waals surface area contributed by atoms with Crippen LogP contribution in [0.3, 0.4) is 0 Å². The van der Waals surface area contributed by atoms with Crippen LogP contribution in [0.15, 0.2) is 28.7 Å². The molecule has 1 amide bonds. The number of benzene rings is 1. The molecule has 21 heavy (non-hydrogen) atoms. The van der Waals surface area contributed by atoms with Crippen LogP contribution in [0.2, 0.25) is 0 Å². The van der Waals surface area contributed by atoms with Gasteiger partial charge in [-0.3, -0.25) is 9.69 Å². The molecule has 1 aliphatic heterocycles. The number of carbonyl (C=O) groups excluding carboxylic acids is 1. The topological polar surface area (TPSA) is 44.4 Å². The zero-order chi connectivity index (χ0) is 15.1. The molecule has 5 heteroatoms. The minimum absolute atomic E-state index is 0.0605. The number of likely N-dealkylation sites (tertiary alicyclic amines) is 1. The number of likely N-dealkylation sites (N-methyl/N-ethyl adjacent to an activating group) is 1. The number of nitrogens with zero attached hydrogens (tertiary/aromatic N) is 1. The molecule has 1 aromatic rings. The van der Waals surface area contributed by atoms with Gasteiger partial charge in [0.25, 0.3) is 0 Å². The number of para-hydroxylation sites is 1. The average Bonchev–Trinajstić information content (AvgIpc) is 2.49. The molecule has 0 spiro atoms. The lowest BCUT2D eigenvalue weighted by Gasteiger charge is -2.35. The summed E-state index contributed by atoms with van der Waals surface area (Å²) in [6, 6.07) is 8.19. The summed E-state index contributed by atoms with van der Waals surface area (Å²) < 4.78 is 0.918. The summed E-state index contributed by atoms with van der Waals surface area (Å²) in [5.74, 6) is 0.0605. The van der Waals surface area contributed by atoms with E-state index >= 15 is 0 Å². The van der Waals surface area contributed by atoms with Crippen LogP contribution in [0.5, 0.6) is 0 Å². The number of amides is 1. The molecular formula is C16H24BrN3O. The van der Waals surface area contributed by atoms with Gasteiger partial charge in [-0.05, 0) is 54.0 Å². The number of rotatable bonds is 6. The molecular weight excluding hydrogens is 330 g/mol. The molecule has 0 aliphatic carbocycles. The van der Waals surface area contributed by atoms with Crippen LogP contribution in [0, 0.1) is 0 Å². The van der Waals surface area contributed by atoms with Gasteiger partial charge < -0.3 is 10.6 Å². The summed E-state index contributed by atoms with van der Waals surface area (Å²) in [7, 11) is 0. The van der Waals surface area contributed by atoms with Gasteiger partial charge in [0, 0.05) is 17.1 Å². The highest BCUT2D eigenvalue weighted by Gasteiger charge is 2.23. The predicted molar refractivity (Wildman–Crippen MR) is 90.5 cm³/mol. The van der Waals surface area contributed by atoms with Crippen LogP contribution in [0.1, 0.15) is 26.2 Å². The van der Waals surface area contributed by atoms with E-state index in [2.05, 4.69) is 38.4 Å². The number of halogens is 1. The van der Waals surface area contributed by atoms with Crippen LogP contribution in [-0.2, 0) is 4.79 Å². The van der Waals surface area contributed by atoms with Gasteiger partial charge in [-0.2, -0.15) is 0 Å². The molecule has 0 aromatic heterocycles. The fourth-order valence-electron chi connectivity index (χ4n) is 2.75. The molecule has 1 atom stereocenters. The molecule has 0 saturated carbocycles. The number of hydrogen-bond acceptors (Lipinski definition) is 3. The van der Waals surface area contributed by atoms with Crippen molar-refractivity contribution >= 4 is 27.5 Å². The van der Waals surface area contributed by atoms with E-state index < -0.39 is 0 Å². The first kappa shape index (κ1) is 16.5. The maximum atomic E-state index is 12.3. The Labute approximate surface area is 135 Å². The third-order valence-electron chi connectivity index (χ3n) is 3.87. The number of hydrogen-bond donors (Lipinski definition) is 2. The summed E-state index contributed by atoms with van der Waals surface area (Å²) in [5, 5.41) is 6.39. The van der Waals surface area contributed by atoms with Gasteiger partial charge >= 0.3 is 0 Å². The van der Waals surface area contributed by atoms with E-state index in [-0.39, 0.29) is 5.91 Å². The van der Waals surface area contributed by atoms with E-state index in [0.717, 1.165) is 29.8 Å². The standard InChI is InChI=1S/C16H24BrN3O/c1-2-18-11-13-7-5-6-10-20(13)12-16(21)19-15-9-4-3-8-14(15)17/h3-4,8-9,13,18H,2,5-7,10-12H2,1H3,(H,19,21). The minimum Gasteiger partial charge on any atom is -0.324 e. The quantitative estimate of drug-likeness (QED) is 0.826. The van der Waals surface area contributed by atoms with Gasteiger partial charge in [0.05, 0.1) is 12.2 Å². The Hall–Kier alpha value is -0.910. The second-order valence-corrected chi connectivity index (χ2v) is 6.31. The lowest BCUT2D eigenvalue weighted by atomic mass is 10.0. The lowest BCUT2D eigenvalue weighted by Crippen LogP contribution is -2.48. The molecule has 4 nitrogen and oxygen atoms in total. The Morgan fingerprint density at radius 3 is 2.95 bits per heavy atom. The van der Waals surface area contributed by atoms with Gasteiger partial charge in [0.1, 0.15) is 0 Å². The van der Waals surface area contributed by atoms with Crippen molar-refractivity contribution in [3.05, 3.63) is 28.7 Å². The minimum atomic E-state index is 0.0605. The van der Waals surface area contributed by atoms with Gasteiger partial charge in [0.15, 0.2) is 0 Å². The summed E-state index contributed by atoms with van der Waals surface area (Å²) in [5.41, 5.74) is 0.836. The smallest absolute Gasteiger partial charge is 0.238 e. The number of anilines is 1. The normalized spacial score (nSPS) is 19.4. The Kier molecular flexibility index (Phi) is 6.67. The van der Waals surface area contributed by atoms with E-state index in [1.807, 2.05) is 24.3 Å². The number of piperidine rings is 1. The Balaban J connectivity index is 1.89. The molecule has 2 rings (SSSR count). The number of nitrogens with one attached hydrogen (secondary N) is 2. The van der Waals surface area contributed by atoms with Crippen LogP contribution in [0.25, 0.3) is 0 Å². The van der Waals surface area contributed by atoms with E-state index in [1.165, 1.54) is 19.3 Å². The summed E-state index contributed by atoms with van der Waals surface area (Å²) in [6.45, 7) is 5.55. The zero-order valence-corrected chi connectivity index (χ0v) is 14.2. The van der Waals surface area contributed by atoms with Crippen molar-refractivity contribution in [3.63, 3.8) is 0 Å². The van der Waals surface area contributed by atoms with Crippen LogP contribution >= 0.6 is 15.9 Å². The predicted octanol–water partition coefficient (Wildman–Crippen LogP) is 2.85. The fourth-order valence-corrected chi connectivity index (χ4v) is 3.13. The highest BCUT2D eigenvalue weighted by molar-refractivity contribution is 9.10. The van der Waals surface area contributed by atoms with Crippen molar-refractivity contribution in [2.24, 2.45) is 0 Å². The molecule has 116 valence electrons. The average molecular weight is 354 g/mol. The zero-order valence-electron chi connectivity index (χ0n) is 12.6. The monoisotopic (exact) mass is 353 g/mol. The Bertz CT molecular complexity index is 467. The van der Waals surface area contributed by atoms with Crippen LogP contribution in [-0.4, -0.2) is 43.0 Å². The largest absolute Gasteiger partial charge is 0.324 e. The molecule has 1 unspecified atom stereocenters. The van der Waals surface area contributed by atoms with Crippen molar-refractivity contribution in [1.29, 1.82) is 0 Å². The van der Waals surface area contributed by atoms with E-state index in [0.29, 0.717) is 12.6 Å². The van der Waals surface area contributed by atoms with Crippen molar-refractivity contribution < 1.29 is 4.79 Å². The highest BCUT2D eigenvalue weighted by atomic mass is 79.9. The summed E-state index contributed by atoms with van der Waals surface area (Å²) in [6.07, 6.45) is 3.62. The summed E-state index contributed by atoms with van der Waals surface area (Å²) >= 11 is 3.46. The number of carbonyl (C=O) groups is 1. The van der Waals surface area contributed by atoms with Gasteiger partial charge in [0.2, 0.25) is 5.91 Å². The second-order valence-electron chi connectivity index (χ2n) is 5.46. The molecule has 0 radical (unpaired) electrons. The first-order chi connectivity index (χ1) is 10.2. The SMILES string of the molecule is CCNCC1CCCCN1CC(=O)Nc1ccccc1Br. The lowest BCUT2D eigenvalue weighted by molar-refractivity contribution is -0.118. The maximum absolute atomic E-state index is 12.3. The van der Waals surface area contributed by atoms with E-state index in [9.17, 15) is 4.79 Å². The molecule has 2 N–H and O–H groups in total. The van der Waals surface area contributed by atoms with Crippen molar-refractivity contribution in [2.75, 3.05) is 31.5 Å². The third-order valence-corrected chi connectivity index (χ3v) is 4.57. The third kappa shape index (κ3) is 5.09. The Morgan fingerprint density at radius 2 is 2.19 bits per heavy atom. The molecule has 1 saturated heterocycles. The summed E-state index contributed by atoms with van der Waals surface area (Å²) in [4.78, 5) is 14.6. The van der Waals surface area contributed by atoms with E-state index in [1.54, 1.807) is 0 Å².